The number of rotatable bonds is 4. The van der Waals surface area contributed by atoms with Gasteiger partial charge in [-0.25, -0.2) is 0 Å². The van der Waals surface area contributed by atoms with Crippen molar-refractivity contribution in [3.63, 3.8) is 0 Å². The lowest BCUT2D eigenvalue weighted by Gasteiger charge is -2.34. The molecular formula is C32H30N2OS. The molecule has 4 aromatic carbocycles. The summed E-state index contributed by atoms with van der Waals surface area (Å²) in [4.78, 5) is 20.8. The fourth-order valence-electron chi connectivity index (χ4n) is 5.49. The van der Waals surface area contributed by atoms with E-state index < -0.39 is 0 Å². The summed E-state index contributed by atoms with van der Waals surface area (Å²) in [7, 11) is 0. The van der Waals surface area contributed by atoms with E-state index in [-0.39, 0.29) is 5.91 Å². The van der Waals surface area contributed by atoms with Gasteiger partial charge in [0.25, 0.3) is 5.91 Å². The highest BCUT2D eigenvalue weighted by Crippen LogP contribution is 2.53. The van der Waals surface area contributed by atoms with Crippen molar-refractivity contribution in [1.82, 2.24) is 0 Å². The van der Waals surface area contributed by atoms with Crippen LogP contribution in [-0.2, 0) is 6.54 Å². The number of amides is 1. The van der Waals surface area contributed by atoms with E-state index in [0.29, 0.717) is 18.4 Å². The van der Waals surface area contributed by atoms with Crippen molar-refractivity contribution in [2.45, 2.75) is 55.9 Å². The Labute approximate surface area is 217 Å². The van der Waals surface area contributed by atoms with E-state index in [9.17, 15) is 4.79 Å². The molecule has 1 amide bonds. The van der Waals surface area contributed by atoms with Gasteiger partial charge in [0, 0.05) is 20.9 Å². The van der Waals surface area contributed by atoms with Crippen LogP contribution < -0.4 is 9.80 Å². The maximum absolute atomic E-state index is 14.0. The molecule has 4 heteroatoms. The molecule has 2 aliphatic heterocycles. The molecule has 2 aliphatic rings. The van der Waals surface area contributed by atoms with E-state index in [0.717, 1.165) is 33.9 Å². The summed E-state index contributed by atoms with van der Waals surface area (Å²) >= 11 is 1.80. The fourth-order valence-corrected chi connectivity index (χ4v) is 6.55. The van der Waals surface area contributed by atoms with Gasteiger partial charge in [-0.15, -0.1) is 0 Å². The van der Waals surface area contributed by atoms with Gasteiger partial charge in [-0.3, -0.25) is 4.79 Å². The minimum atomic E-state index is 0.0924. The average Bonchev–Trinajstić information content (AvgIpc) is 3.23. The first-order valence-electron chi connectivity index (χ1n) is 12.7. The maximum Gasteiger partial charge on any atom is 0.259 e. The zero-order valence-electron chi connectivity index (χ0n) is 21.2. The van der Waals surface area contributed by atoms with Crippen LogP contribution in [0.3, 0.4) is 0 Å². The number of anilines is 4. The molecule has 6 rings (SSSR count). The number of nitrogens with zero attached hydrogens (tertiary/aromatic N) is 2. The second kappa shape index (κ2) is 8.86. The fraction of sp³-hybridized carbons (Fsp3) is 0.219. The Hall–Kier alpha value is -3.50. The van der Waals surface area contributed by atoms with Crippen LogP contribution in [0.2, 0.25) is 0 Å². The largest absolute Gasteiger partial charge is 0.308 e. The number of para-hydroxylation sites is 3. The molecule has 0 unspecified atom stereocenters. The molecule has 0 saturated carbocycles. The number of carbonyl (C=O) groups excluding carboxylic acids is 1. The van der Waals surface area contributed by atoms with E-state index in [1.807, 2.05) is 17.0 Å². The Bertz CT molecular complexity index is 1420. The molecule has 4 aromatic rings. The third-order valence-corrected chi connectivity index (χ3v) is 8.36. The van der Waals surface area contributed by atoms with Gasteiger partial charge in [0.15, 0.2) is 0 Å². The number of fused-ring (bicyclic) bond motifs is 3. The third kappa shape index (κ3) is 3.55. The van der Waals surface area contributed by atoms with Crippen LogP contribution in [0, 0.1) is 0 Å². The highest BCUT2D eigenvalue weighted by atomic mass is 32.2. The smallest absolute Gasteiger partial charge is 0.259 e. The van der Waals surface area contributed by atoms with E-state index in [4.69, 9.17) is 0 Å². The third-order valence-electron chi connectivity index (χ3n) is 7.23. The molecule has 0 saturated heterocycles. The molecular weight excluding hydrogens is 460 g/mol. The predicted octanol–water partition coefficient (Wildman–Crippen LogP) is 9.03. The summed E-state index contributed by atoms with van der Waals surface area (Å²) in [5.41, 5.74) is 8.84. The second-order valence-corrected chi connectivity index (χ2v) is 11.2. The quantitative estimate of drug-likeness (QED) is 0.251. The number of hydrogen-bond donors (Lipinski definition) is 0. The Kier molecular flexibility index (Phi) is 5.65. The first-order valence-corrected chi connectivity index (χ1v) is 13.5. The van der Waals surface area contributed by atoms with Crippen molar-refractivity contribution in [1.29, 1.82) is 0 Å². The van der Waals surface area contributed by atoms with Crippen molar-refractivity contribution < 1.29 is 4.79 Å². The molecule has 2 heterocycles. The first kappa shape index (κ1) is 22.9. The van der Waals surface area contributed by atoms with Crippen molar-refractivity contribution in [2.75, 3.05) is 9.80 Å². The molecule has 0 aromatic heterocycles. The molecule has 3 nitrogen and oxygen atoms in total. The van der Waals surface area contributed by atoms with Crippen LogP contribution in [0.15, 0.2) is 94.7 Å². The lowest BCUT2D eigenvalue weighted by Crippen LogP contribution is -2.26. The van der Waals surface area contributed by atoms with Crippen LogP contribution in [-0.4, -0.2) is 5.91 Å². The minimum absolute atomic E-state index is 0.0924. The van der Waals surface area contributed by atoms with E-state index >= 15 is 0 Å². The lowest BCUT2D eigenvalue weighted by atomic mass is 9.92. The Morgan fingerprint density at radius 2 is 1.19 bits per heavy atom. The van der Waals surface area contributed by atoms with Crippen molar-refractivity contribution in [3.05, 3.63) is 107 Å². The summed E-state index contributed by atoms with van der Waals surface area (Å²) in [5, 5.41) is 0. The van der Waals surface area contributed by atoms with Crippen LogP contribution in [0.5, 0.6) is 0 Å². The van der Waals surface area contributed by atoms with E-state index in [1.54, 1.807) is 11.8 Å². The van der Waals surface area contributed by atoms with Gasteiger partial charge < -0.3 is 9.80 Å². The van der Waals surface area contributed by atoms with E-state index in [2.05, 4.69) is 105 Å². The van der Waals surface area contributed by atoms with E-state index in [1.165, 1.54) is 20.9 Å². The van der Waals surface area contributed by atoms with Gasteiger partial charge in [0.1, 0.15) is 0 Å². The van der Waals surface area contributed by atoms with Crippen molar-refractivity contribution in [2.24, 2.45) is 0 Å². The molecule has 0 fully saturated rings. The number of carbonyl (C=O) groups is 1. The van der Waals surface area contributed by atoms with Gasteiger partial charge >= 0.3 is 0 Å². The van der Waals surface area contributed by atoms with Gasteiger partial charge in [-0.05, 0) is 59.4 Å². The molecule has 0 bridgehead atoms. The monoisotopic (exact) mass is 490 g/mol. The average molecular weight is 491 g/mol. The Morgan fingerprint density at radius 1 is 0.667 bits per heavy atom. The standard InChI is InChI=1S/C32H30N2OS/c1-20(2)22-11-9-12-23(21(3)4)31(22)33-19-25-24(32(33)35)13-10-16-26(25)34-27-14-5-7-17-29(27)36-30-18-8-6-15-28(30)34/h5-18,20-21H,19H2,1-4H3. The number of benzene rings is 4. The molecule has 36 heavy (non-hydrogen) atoms. The van der Waals surface area contributed by atoms with Gasteiger partial charge in [0.2, 0.25) is 0 Å². The second-order valence-electron chi connectivity index (χ2n) is 10.2. The Morgan fingerprint density at radius 3 is 1.78 bits per heavy atom. The zero-order chi connectivity index (χ0) is 25.0. The topological polar surface area (TPSA) is 23.6 Å². The molecule has 0 spiro atoms. The molecule has 0 aliphatic carbocycles. The lowest BCUT2D eigenvalue weighted by molar-refractivity contribution is 0.0996. The summed E-state index contributed by atoms with van der Waals surface area (Å²) < 4.78 is 0. The molecule has 0 radical (unpaired) electrons. The van der Waals surface area contributed by atoms with Crippen LogP contribution in [0.1, 0.15) is 66.6 Å². The summed E-state index contributed by atoms with van der Waals surface area (Å²) in [5.74, 6) is 0.745. The highest BCUT2D eigenvalue weighted by molar-refractivity contribution is 7.99. The van der Waals surface area contributed by atoms with Crippen LogP contribution in [0.4, 0.5) is 22.7 Å². The van der Waals surface area contributed by atoms with Crippen LogP contribution >= 0.6 is 11.8 Å². The summed E-state index contributed by atoms with van der Waals surface area (Å²) in [6, 6.07) is 29.7. The minimum Gasteiger partial charge on any atom is -0.308 e. The number of hydrogen-bond acceptors (Lipinski definition) is 3. The first-order chi connectivity index (χ1) is 17.5. The van der Waals surface area contributed by atoms with Crippen molar-refractivity contribution >= 4 is 40.4 Å². The van der Waals surface area contributed by atoms with Gasteiger partial charge in [0.05, 0.1) is 29.3 Å². The predicted molar refractivity (Wildman–Crippen MR) is 150 cm³/mol. The molecule has 180 valence electrons. The van der Waals surface area contributed by atoms with Crippen LogP contribution in [0.25, 0.3) is 0 Å². The zero-order valence-corrected chi connectivity index (χ0v) is 22.0. The summed E-state index contributed by atoms with van der Waals surface area (Å²) in [6.45, 7) is 9.41. The summed E-state index contributed by atoms with van der Waals surface area (Å²) in [6.07, 6.45) is 0. The van der Waals surface area contributed by atoms with Crippen molar-refractivity contribution in [3.8, 4) is 0 Å². The Balaban J connectivity index is 1.53. The molecule has 0 atom stereocenters. The molecule has 0 N–H and O–H groups in total. The highest BCUT2D eigenvalue weighted by Gasteiger charge is 2.36. The van der Waals surface area contributed by atoms with Gasteiger partial charge in [-0.2, -0.15) is 0 Å². The normalized spacial score (nSPS) is 14.3. The maximum atomic E-state index is 14.0. The van der Waals surface area contributed by atoms with Gasteiger partial charge in [-0.1, -0.05) is 88.0 Å². The SMILES string of the molecule is CC(C)c1cccc(C(C)C)c1N1Cc2c(cccc2N2c3ccccc3Sc3ccccc32)C1=O.